The SMILES string of the molecule is CCP(C)CCCP(CCCP(CC)CC)CCCP(CC)CC.C[CH-]C(C)(C)C.[C-]#[O+].[C-]#[O+].[C-]#[O+].[C-]#[O+].[V]. The molecule has 0 bridgehead atoms. The van der Waals surface area contributed by atoms with E-state index >= 15 is 0 Å². The summed E-state index contributed by atoms with van der Waals surface area (Å²) in [6.07, 6.45) is 23.5. The number of rotatable bonds is 17. The molecule has 39 heavy (non-hydrogen) atoms. The summed E-state index contributed by atoms with van der Waals surface area (Å²) in [4.78, 5) is 0. The molecule has 0 amide bonds. The summed E-state index contributed by atoms with van der Waals surface area (Å²) in [5, 5.41) is 0. The fraction of sp³-hybridized carbons (Fsp3) is 0.833. The van der Waals surface area contributed by atoms with Crippen LogP contribution in [0.5, 0.6) is 0 Å². The maximum absolute atomic E-state index is 7.50. The minimum absolute atomic E-state index is 0. The van der Waals surface area contributed by atoms with Gasteiger partial charge in [0.15, 0.2) is 0 Å². The zero-order valence-corrected chi connectivity index (χ0v) is 31.8. The van der Waals surface area contributed by atoms with Crippen LogP contribution in [-0.4, -0.2) is 74.4 Å². The summed E-state index contributed by atoms with van der Waals surface area (Å²) in [6, 6.07) is 0. The van der Waals surface area contributed by atoms with Crippen LogP contribution < -0.4 is 0 Å². The van der Waals surface area contributed by atoms with E-state index in [1.165, 1.54) is 43.4 Å². The Morgan fingerprint density at radius 3 is 0.949 bits per heavy atom. The largest absolute Gasteiger partial charge is 0 e. The van der Waals surface area contributed by atoms with Crippen LogP contribution in [-0.2, 0) is 37.2 Å². The predicted octanol–water partition coefficient (Wildman–Crippen LogP) is 9.92. The summed E-state index contributed by atoms with van der Waals surface area (Å²) in [7, 11) is 1.46. The third-order valence-corrected chi connectivity index (χ3v) is 16.6. The fourth-order valence-corrected chi connectivity index (χ4v) is 10.8. The number of hydrogen-bond donors (Lipinski definition) is 0. The van der Waals surface area contributed by atoms with Crippen molar-refractivity contribution in [3.8, 4) is 0 Å². The van der Waals surface area contributed by atoms with Gasteiger partial charge in [0, 0.05) is 18.6 Å². The molecule has 0 spiro atoms. The Labute approximate surface area is 262 Å². The average molecular weight is 659 g/mol. The smallest absolute Gasteiger partial charge is 0 e. The Kier molecular flexibility index (Phi) is 70.4. The van der Waals surface area contributed by atoms with Gasteiger partial charge in [-0.2, -0.15) is 12.3 Å². The van der Waals surface area contributed by atoms with Crippen molar-refractivity contribution in [3.63, 3.8) is 0 Å². The molecule has 0 aromatic heterocycles. The molecule has 0 aliphatic rings. The van der Waals surface area contributed by atoms with Gasteiger partial charge in [0.25, 0.3) is 0 Å². The molecule has 1 radical (unpaired) electrons. The van der Waals surface area contributed by atoms with Crippen LogP contribution in [0.15, 0.2) is 0 Å². The van der Waals surface area contributed by atoms with Crippen molar-refractivity contribution in [2.24, 2.45) is 5.41 Å². The zero-order valence-electron chi connectivity index (χ0n) is 26.8. The monoisotopic (exact) mass is 658 g/mol. The molecule has 0 heterocycles. The topological polar surface area (TPSA) is 79.6 Å². The molecule has 0 saturated carbocycles. The second-order valence-corrected chi connectivity index (χ2v) is 21.1. The molecule has 0 aliphatic carbocycles. The van der Waals surface area contributed by atoms with E-state index in [0.29, 0.717) is 37.1 Å². The second kappa shape index (κ2) is 49.0. The first-order chi connectivity index (χ1) is 18.2. The molecule has 4 nitrogen and oxygen atoms in total. The first-order valence-corrected chi connectivity index (χ1v) is 21.5. The fourth-order valence-electron chi connectivity index (χ4n) is 3.17. The molecule has 9 heteroatoms. The third-order valence-electron chi connectivity index (χ3n) is 6.11. The van der Waals surface area contributed by atoms with Crippen LogP contribution in [0, 0.1) is 38.4 Å². The van der Waals surface area contributed by atoms with Crippen molar-refractivity contribution < 1.29 is 37.2 Å². The number of hydrogen-bond acceptors (Lipinski definition) is 0. The van der Waals surface area contributed by atoms with Gasteiger partial charge in [-0.15, -0.1) is 31.7 Å². The van der Waals surface area contributed by atoms with Gasteiger partial charge in [0.2, 0.25) is 0 Å². The van der Waals surface area contributed by atoms with Crippen LogP contribution in [0.3, 0.4) is 0 Å². The van der Waals surface area contributed by atoms with Gasteiger partial charge in [0.05, 0.1) is 0 Å². The molecule has 0 aliphatic heterocycles. The Balaban J connectivity index is -0.000000115. The third kappa shape index (κ3) is 52.4. The van der Waals surface area contributed by atoms with Gasteiger partial charge in [-0.05, 0) is 93.7 Å². The molecule has 0 rings (SSSR count). The predicted molar refractivity (Wildman–Crippen MR) is 175 cm³/mol. The minimum atomic E-state index is 0. The van der Waals surface area contributed by atoms with Crippen LogP contribution in [0.25, 0.3) is 0 Å². The van der Waals surface area contributed by atoms with E-state index in [4.69, 9.17) is 18.6 Å². The van der Waals surface area contributed by atoms with Gasteiger partial charge >= 0.3 is 45.2 Å². The molecule has 0 N–H and O–H groups in total. The summed E-state index contributed by atoms with van der Waals surface area (Å²) >= 11 is 0. The molecule has 0 fully saturated rings. The van der Waals surface area contributed by atoms with E-state index in [1.54, 1.807) is 43.7 Å². The molecule has 1 atom stereocenters. The Bertz CT molecular complexity index is 459. The van der Waals surface area contributed by atoms with Crippen molar-refractivity contribution in [1.82, 2.24) is 0 Å². The van der Waals surface area contributed by atoms with Gasteiger partial charge in [-0.25, -0.2) is 0 Å². The van der Waals surface area contributed by atoms with E-state index in [1.807, 2.05) is 0 Å². The van der Waals surface area contributed by atoms with Crippen molar-refractivity contribution in [1.29, 1.82) is 0 Å². The molecular formula is C30H59O4P4V-. The Morgan fingerprint density at radius 2 is 0.744 bits per heavy atom. The maximum Gasteiger partial charge on any atom is 0 e. The van der Waals surface area contributed by atoms with Crippen LogP contribution >= 0.6 is 31.7 Å². The summed E-state index contributed by atoms with van der Waals surface area (Å²) in [6.45, 7) is 41.2. The first kappa shape index (κ1) is 56.1. The van der Waals surface area contributed by atoms with E-state index in [-0.39, 0.29) is 18.6 Å². The van der Waals surface area contributed by atoms with Gasteiger partial charge in [-0.3, -0.25) is 0 Å². The first-order valence-electron chi connectivity index (χ1n) is 13.6. The maximum atomic E-state index is 7.50. The minimum Gasteiger partial charge on any atom is 0 e. The molecule has 0 aromatic rings. The van der Waals surface area contributed by atoms with Crippen molar-refractivity contribution in [3.05, 3.63) is 33.0 Å². The van der Waals surface area contributed by atoms with Gasteiger partial charge < -0.3 is 6.42 Å². The van der Waals surface area contributed by atoms with Crippen molar-refractivity contribution in [2.75, 3.05) is 74.4 Å². The van der Waals surface area contributed by atoms with Gasteiger partial charge in [0.1, 0.15) is 0 Å². The second-order valence-electron chi connectivity index (χ2n) is 9.51. The quantitative estimate of drug-likeness (QED) is 0.0847. The molecule has 0 saturated heterocycles. The summed E-state index contributed by atoms with van der Waals surface area (Å²) in [5.74, 6) is 0. The van der Waals surface area contributed by atoms with E-state index in [9.17, 15) is 0 Å². The van der Waals surface area contributed by atoms with Gasteiger partial charge in [-0.1, -0.05) is 55.4 Å². The normalized spacial score (nSPS) is 10.3. The van der Waals surface area contributed by atoms with Crippen molar-refractivity contribution in [2.45, 2.75) is 81.6 Å². The summed E-state index contributed by atoms with van der Waals surface area (Å²) in [5.41, 5.74) is 0.417. The van der Waals surface area contributed by atoms with E-state index < -0.39 is 0 Å². The van der Waals surface area contributed by atoms with Crippen LogP contribution in [0.2, 0.25) is 0 Å². The molecular weight excluding hydrogens is 599 g/mol. The molecule has 0 aromatic carbocycles. The average Bonchev–Trinajstić information content (AvgIpc) is 2.97. The van der Waals surface area contributed by atoms with E-state index in [2.05, 4.69) is 102 Å². The molecule has 229 valence electrons. The Morgan fingerprint density at radius 1 is 0.513 bits per heavy atom. The zero-order chi connectivity index (χ0) is 31.4. The standard InChI is InChI=1S/C20H46P4.C6H13.4CO.V/c1-7-21(6)15-12-18-24(19-13-16-22(8-2)9-3)20-14-17-23(10-4)11-5;1-5-6(2,3)4;4*1-2;/h7-20H2,1-6H3;5H,1-4H3;;;;;/q;-1;;;;;. The molecule has 1 unspecified atom stereocenters. The summed E-state index contributed by atoms with van der Waals surface area (Å²) < 4.78 is 30.0. The Hall–Kier alpha value is 1.26. The van der Waals surface area contributed by atoms with Crippen molar-refractivity contribution >= 4 is 31.7 Å². The van der Waals surface area contributed by atoms with Crippen LogP contribution in [0.4, 0.5) is 0 Å². The van der Waals surface area contributed by atoms with Crippen LogP contribution in [0.1, 0.15) is 81.6 Å². The van der Waals surface area contributed by atoms with E-state index in [0.717, 1.165) is 0 Å².